The van der Waals surface area contributed by atoms with E-state index in [4.69, 9.17) is 31.9 Å². The lowest BCUT2D eigenvalue weighted by atomic mass is 9.87. The van der Waals surface area contributed by atoms with E-state index in [1.807, 2.05) is 30.4 Å². The van der Waals surface area contributed by atoms with Gasteiger partial charge in [-0.05, 0) is 121 Å². The Morgan fingerprint density at radius 2 is 1.34 bits per heavy atom. The first-order valence-corrected chi connectivity index (χ1v) is 36.8. The van der Waals surface area contributed by atoms with E-state index < -0.39 is 75.9 Å². The van der Waals surface area contributed by atoms with E-state index in [2.05, 4.69) is 145 Å². The highest BCUT2D eigenvalue weighted by atomic mass is 79.9. The Kier molecular flexibility index (Phi) is 21.5. The molecule has 1 aromatic rings. The molecule has 2 saturated heterocycles. The molecule has 0 aromatic heterocycles. The van der Waals surface area contributed by atoms with Gasteiger partial charge in [-0.25, -0.2) is 4.79 Å². The van der Waals surface area contributed by atoms with Crippen molar-refractivity contribution in [2.45, 2.75) is 249 Å². The number of aliphatic hydroxyl groups excluding tert-OH is 1. The molecule has 1 aromatic carbocycles. The number of hydrogen-bond acceptors (Lipinski definition) is 9. The summed E-state index contributed by atoms with van der Waals surface area (Å²) in [7, 11) is -9.09. The van der Waals surface area contributed by atoms with E-state index in [9.17, 15) is 9.90 Å². The van der Waals surface area contributed by atoms with Crippen LogP contribution in [0.1, 0.15) is 132 Å². The van der Waals surface area contributed by atoms with Gasteiger partial charge in [0.2, 0.25) is 0 Å². The van der Waals surface area contributed by atoms with E-state index in [1.54, 1.807) is 12.1 Å². The van der Waals surface area contributed by atoms with E-state index >= 15 is 0 Å². The summed E-state index contributed by atoms with van der Waals surface area (Å²) in [6.45, 7) is 45.8. The Morgan fingerprint density at radius 3 is 1.85 bits per heavy atom. The largest absolute Gasteiger partial charge is 0.458 e. The molecule has 14 heteroatoms. The quantitative estimate of drug-likeness (QED) is 0.0652. The van der Waals surface area contributed by atoms with Crippen molar-refractivity contribution in [1.82, 2.24) is 0 Å². The lowest BCUT2D eigenvalue weighted by Crippen LogP contribution is -2.69. The molecule has 65 heavy (non-hydrogen) atoms. The molecule has 0 bridgehead atoms. The molecule has 9 atom stereocenters. The van der Waals surface area contributed by atoms with Crippen molar-refractivity contribution in [1.29, 1.82) is 0 Å². The van der Waals surface area contributed by atoms with Gasteiger partial charge in [-0.2, -0.15) is 0 Å². The Labute approximate surface area is 409 Å². The highest BCUT2D eigenvalue weighted by Gasteiger charge is 2.58. The maximum atomic E-state index is 13.1. The number of carbonyl (C=O) groups excluding carboxylic acids is 1. The molecule has 0 saturated carbocycles. The normalized spacial score (nSPS) is 24.4. The minimum absolute atomic E-state index is 0.0273. The summed E-state index contributed by atoms with van der Waals surface area (Å²) >= 11 is 3.47. The van der Waals surface area contributed by atoms with Crippen LogP contribution in [-0.2, 0) is 31.9 Å². The molecule has 2 heterocycles. The molecule has 0 amide bonds. The van der Waals surface area contributed by atoms with Crippen LogP contribution in [0.2, 0.25) is 72.5 Å². The summed E-state index contributed by atoms with van der Waals surface area (Å²) < 4.78 is 50.8. The molecule has 2 aliphatic rings. The zero-order chi connectivity index (χ0) is 49.4. The smallest absolute Gasteiger partial charge is 0.338 e. The lowest BCUT2D eigenvalue weighted by molar-refractivity contribution is -0.267. The van der Waals surface area contributed by atoms with Crippen LogP contribution in [0.3, 0.4) is 0 Å². The van der Waals surface area contributed by atoms with Gasteiger partial charge in [-0.15, -0.1) is 0 Å². The van der Waals surface area contributed by atoms with Crippen molar-refractivity contribution in [3.05, 3.63) is 59.1 Å². The predicted octanol–water partition coefficient (Wildman–Crippen LogP) is 14.1. The lowest BCUT2D eigenvalue weighted by Gasteiger charge is -2.56. The standard InChI is InChI=1S/C51H93BrO9Si4/c1-20-65(21-2,22-3)55-35-34-40-31-33-42-44(56-40)46(60-63(16,17)50(8,9)10)47(61-64(18,19)51(11,12)13)45(58-42)43(59-62(14,15)49(5,6)7)32-29-39(53)28-30-41(36-37(4)52)57-48(54)38-26-24-23-25-27-38/h23-27,29,32,39-47,53H,4,20-22,28,30-31,33-36H2,1-3,5-19H3/b32-29+/t39?,40?,41-,42-,43-,44-,45-,46-,47+/m0/s1. The van der Waals surface area contributed by atoms with Crippen LogP contribution < -0.4 is 0 Å². The van der Waals surface area contributed by atoms with Crippen molar-refractivity contribution in [3.63, 3.8) is 0 Å². The molecule has 0 aliphatic carbocycles. The minimum atomic E-state index is -2.47. The van der Waals surface area contributed by atoms with Gasteiger partial charge >= 0.3 is 5.97 Å². The first kappa shape index (κ1) is 58.6. The first-order valence-electron chi connectivity index (χ1n) is 24.8. The van der Waals surface area contributed by atoms with Gasteiger partial charge in [0, 0.05) is 13.0 Å². The maximum absolute atomic E-state index is 13.1. The van der Waals surface area contributed by atoms with E-state index in [0.717, 1.165) is 41.9 Å². The fourth-order valence-electron chi connectivity index (χ4n) is 7.89. The molecule has 0 radical (unpaired) electrons. The molecule has 9 nitrogen and oxygen atoms in total. The molecule has 2 unspecified atom stereocenters. The molecule has 2 fully saturated rings. The topological polar surface area (TPSA) is 102 Å². The van der Waals surface area contributed by atoms with Crippen LogP contribution in [0.4, 0.5) is 0 Å². The predicted molar refractivity (Wildman–Crippen MR) is 283 cm³/mol. The monoisotopic (exact) mass is 1040 g/mol. The van der Waals surface area contributed by atoms with Gasteiger partial charge in [0.15, 0.2) is 33.3 Å². The molecule has 1 N–H and O–H groups in total. The van der Waals surface area contributed by atoms with Crippen LogP contribution in [0, 0.1) is 0 Å². The summed E-state index contributed by atoms with van der Waals surface area (Å²) in [4.78, 5) is 13.1. The summed E-state index contributed by atoms with van der Waals surface area (Å²) in [6, 6.07) is 12.4. The van der Waals surface area contributed by atoms with Gasteiger partial charge in [0.05, 0.1) is 30.0 Å². The van der Waals surface area contributed by atoms with E-state index in [0.29, 0.717) is 31.4 Å². The number of carbonyl (C=O) groups is 1. The fourth-order valence-corrected chi connectivity index (χ4v) is 14.8. The van der Waals surface area contributed by atoms with Crippen LogP contribution in [0.15, 0.2) is 53.5 Å². The average molecular weight is 1040 g/mol. The van der Waals surface area contributed by atoms with Gasteiger partial charge in [0.25, 0.3) is 0 Å². The van der Waals surface area contributed by atoms with Crippen molar-refractivity contribution < 1.29 is 41.8 Å². The SMILES string of the molecule is C=C(Br)C[C@H](CCC(O)/C=C/[C@H](O[Si](C)(C)C(C)(C)C)[C@@H]1O[C@H]2CCC(CCO[Si](CC)(CC)CC)O[C@@H]2[C@H](O[Si](C)(C)C(C)(C)C)[C@@H]1O[Si](C)(C)C(C)(C)C)OC(=O)c1ccccc1. The molecule has 2 aliphatic heterocycles. The first-order chi connectivity index (χ1) is 29.8. The van der Waals surface area contributed by atoms with E-state index in [-0.39, 0.29) is 33.4 Å². The van der Waals surface area contributed by atoms with Gasteiger partial charge < -0.3 is 37.0 Å². The number of benzene rings is 1. The minimum Gasteiger partial charge on any atom is -0.458 e. The highest BCUT2D eigenvalue weighted by molar-refractivity contribution is 9.11. The summed E-state index contributed by atoms with van der Waals surface area (Å²) in [6.07, 6.45) is 3.79. The van der Waals surface area contributed by atoms with Gasteiger partial charge in [-0.1, -0.05) is 136 Å². The van der Waals surface area contributed by atoms with Crippen LogP contribution in [0.5, 0.6) is 0 Å². The number of fused-ring (bicyclic) bond motifs is 1. The van der Waals surface area contributed by atoms with Crippen LogP contribution in [-0.4, -0.2) is 106 Å². The Balaban J connectivity index is 2.11. The van der Waals surface area contributed by atoms with Crippen molar-refractivity contribution >= 4 is 55.2 Å². The summed E-state index contributed by atoms with van der Waals surface area (Å²) in [5.74, 6) is -0.397. The van der Waals surface area contributed by atoms with Crippen molar-refractivity contribution in [2.75, 3.05) is 6.61 Å². The number of rotatable bonds is 23. The van der Waals surface area contributed by atoms with Gasteiger partial charge in [0.1, 0.15) is 30.5 Å². The third kappa shape index (κ3) is 16.4. The zero-order valence-electron chi connectivity index (χ0n) is 44.1. The molecule has 3 rings (SSSR count). The average Bonchev–Trinajstić information content (AvgIpc) is 3.19. The number of halogens is 1. The summed E-state index contributed by atoms with van der Waals surface area (Å²) in [5, 5.41) is 11.4. The number of aliphatic hydroxyl groups is 1. The van der Waals surface area contributed by atoms with Crippen LogP contribution >= 0.6 is 15.9 Å². The molecular weight excluding hydrogens is 949 g/mol. The molecule has 0 spiro atoms. The Morgan fingerprint density at radius 1 is 0.800 bits per heavy atom. The summed E-state index contributed by atoms with van der Waals surface area (Å²) in [5.41, 5.74) is 0.486. The van der Waals surface area contributed by atoms with Crippen LogP contribution in [0.25, 0.3) is 0 Å². The fraction of sp³-hybridized carbons (Fsp3) is 0.784. The number of hydrogen-bond donors (Lipinski definition) is 1. The van der Waals surface area contributed by atoms with Gasteiger partial charge in [-0.3, -0.25) is 0 Å². The zero-order valence-corrected chi connectivity index (χ0v) is 49.7. The van der Waals surface area contributed by atoms with Crippen molar-refractivity contribution in [2.24, 2.45) is 0 Å². The second-order valence-corrected chi connectivity index (χ2v) is 43.7. The third-order valence-electron chi connectivity index (χ3n) is 15.6. The third-order valence-corrected chi connectivity index (χ3v) is 34.1. The Bertz CT molecular complexity index is 1660. The Hall–Kier alpha value is -0.762. The van der Waals surface area contributed by atoms with E-state index in [1.165, 1.54) is 0 Å². The van der Waals surface area contributed by atoms with Crippen molar-refractivity contribution in [3.8, 4) is 0 Å². The molecular formula is C51H93BrO9Si4. The number of esters is 1. The second kappa shape index (κ2) is 23.9. The molecule has 374 valence electrons. The number of ether oxygens (including phenoxy) is 3. The maximum Gasteiger partial charge on any atom is 0.338 e. The second-order valence-electron chi connectivity index (χ2n) is 23.5. The highest BCUT2D eigenvalue weighted by Crippen LogP contribution is 2.47.